The predicted octanol–water partition coefficient (Wildman–Crippen LogP) is 12.5. The molecule has 32 heavy (non-hydrogen) atoms. The normalized spacial score (nSPS) is 4.19. The van der Waals surface area contributed by atoms with Crippen molar-refractivity contribution in [3.63, 3.8) is 0 Å². The molecule has 0 fully saturated rings. The van der Waals surface area contributed by atoms with E-state index in [0.717, 1.165) is 0 Å². The van der Waals surface area contributed by atoms with Crippen LogP contribution in [0.2, 0.25) is 0 Å². The molecule has 0 heterocycles. The summed E-state index contributed by atoms with van der Waals surface area (Å²) in [6.07, 6.45) is 0. The van der Waals surface area contributed by atoms with Crippen molar-refractivity contribution < 1.29 is 40.2 Å². The Balaban J connectivity index is -0.00000000716. The van der Waals surface area contributed by atoms with Crippen LogP contribution in [-0.4, -0.2) is 0 Å². The van der Waals surface area contributed by atoms with Crippen molar-refractivity contribution >= 4 is 0 Å². The van der Waals surface area contributed by atoms with E-state index in [1.807, 2.05) is 64.1 Å². The second-order valence-electron chi connectivity index (χ2n) is 3.31. The van der Waals surface area contributed by atoms with Crippen LogP contribution in [0.25, 0.3) is 24.6 Å². The molecule has 214 valence electrons. The molecule has 2 radical (unpaired) electrons. The van der Waals surface area contributed by atoms with E-state index >= 15 is 0 Å². The number of nitrogens with two attached hydrogens (primary N) is 4. The van der Waals surface area contributed by atoms with Gasteiger partial charge in [0.15, 0.2) is 0 Å². The van der Waals surface area contributed by atoms with E-state index in [1.165, 1.54) is 11.1 Å². The van der Waals surface area contributed by atoms with Crippen molar-refractivity contribution in [2.45, 2.75) is 41.5 Å². The van der Waals surface area contributed by atoms with Crippen molar-refractivity contribution in [3.8, 4) is 0 Å². The number of hydrogen-bond acceptors (Lipinski definition) is 0. The average molecular weight is 813 g/mol. The van der Waals surface area contributed by atoms with Gasteiger partial charge in [-0.2, -0.15) is 0 Å². The molecular weight excluding hydrogens is 753 g/mol. The average Bonchev–Trinajstić information content (AvgIpc) is 2.46. The Kier molecular flexibility index (Phi) is 419. The zero-order valence-corrected chi connectivity index (χ0v) is 28.5. The molecule has 8 N–H and O–H groups in total. The molecule has 0 unspecified atom stereocenters. The van der Waals surface area contributed by atoms with Crippen LogP contribution in [0.15, 0.2) is 60.7 Å². The maximum Gasteiger partial charge on any atom is 0 e. The van der Waals surface area contributed by atoms with E-state index in [0.29, 0.717) is 0 Å². The molecule has 0 spiro atoms. The molecule has 0 aliphatic carbocycles. The molecule has 2 aromatic carbocycles. The summed E-state index contributed by atoms with van der Waals surface area (Å²) >= 11 is 0. The van der Waals surface area contributed by atoms with Gasteiger partial charge in [0, 0.05) is 40.2 Å². The van der Waals surface area contributed by atoms with Crippen LogP contribution in [0.4, 0.5) is 0 Å². The van der Waals surface area contributed by atoms with Crippen LogP contribution in [0, 0.1) is 73.3 Å². The van der Waals surface area contributed by atoms with Gasteiger partial charge in [0.05, 0.1) is 0 Å². The first-order chi connectivity index (χ1) is 8.79. The molecule has 0 amide bonds. The summed E-state index contributed by atoms with van der Waals surface area (Å²) in [6.45, 7) is 12.2. The second kappa shape index (κ2) is 110. The van der Waals surface area contributed by atoms with Crippen molar-refractivity contribution in [2.75, 3.05) is 0 Å². The van der Waals surface area contributed by atoms with E-state index in [9.17, 15) is 0 Å². The van der Waals surface area contributed by atoms with Gasteiger partial charge in [-0.15, -0.1) is 0 Å². The zero-order chi connectivity index (χ0) is 14.2. The molecule has 0 aliphatic heterocycles. The van der Waals surface area contributed by atoms with Crippen LogP contribution < -0.4 is 0 Å². The smallest absolute Gasteiger partial charge is 0 e. The molecular formula is C26H60Ir2N4-12. The first-order valence-electron chi connectivity index (χ1n) is 6.82. The summed E-state index contributed by atoms with van der Waals surface area (Å²) in [4.78, 5) is 0. The van der Waals surface area contributed by atoms with E-state index in [-0.39, 0.29) is 124 Å². The summed E-state index contributed by atoms with van der Waals surface area (Å²) < 4.78 is 0. The topological polar surface area (TPSA) is 134 Å². The molecule has 0 aromatic heterocycles. The third kappa shape index (κ3) is 99.5. The second-order valence-corrected chi connectivity index (χ2v) is 3.31. The van der Waals surface area contributed by atoms with Gasteiger partial charge in [-0.3, -0.25) is 0 Å². The van der Waals surface area contributed by atoms with E-state index in [2.05, 4.69) is 38.1 Å². The summed E-state index contributed by atoms with van der Waals surface area (Å²) in [5.41, 5.74) is 2.64. The Morgan fingerprint density at radius 2 is 0.469 bits per heavy atom. The van der Waals surface area contributed by atoms with Crippen LogP contribution in [0.5, 0.6) is 0 Å². The van der Waals surface area contributed by atoms with E-state index in [1.54, 1.807) is 0 Å². The van der Waals surface area contributed by atoms with Gasteiger partial charge in [0.2, 0.25) is 0 Å². The molecule has 0 saturated carbocycles. The van der Waals surface area contributed by atoms with Gasteiger partial charge < -0.3 is 84.0 Å². The van der Waals surface area contributed by atoms with Gasteiger partial charge in [-0.05, 0) is 13.8 Å². The van der Waals surface area contributed by atoms with Crippen LogP contribution in [0.1, 0.15) is 38.8 Å². The van der Waals surface area contributed by atoms with Gasteiger partial charge in [-0.1, -0.05) is 99.5 Å². The number of rotatable bonds is 0. The standard InChI is InChI=1S/2C7H8.2C2H6.8CH3.2Ir.4H2N/c2*1-7-5-3-2-4-6-7;2*1-2;;;;;;;;;;;;;;/h2*2-6H,1H3;2*1-2H3;8*1H3;;;4*1H2/q;;;;8*-1;;;4*-1. The van der Waals surface area contributed by atoms with Crippen LogP contribution in [0.3, 0.4) is 0 Å². The van der Waals surface area contributed by atoms with E-state index < -0.39 is 0 Å². The van der Waals surface area contributed by atoms with Crippen LogP contribution in [-0.2, 0) is 40.2 Å². The fourth-order valence-corrected chi connectivity index (χ4v) is 1.07. The van der Waals surface area contributed by atoms with Gasteiger partial charge in [-0.25, -0.2) is 0 Å². The maximum absolute atomic E-state index is 2.08. The molecule has 0 atom stereocenters. The van der Waals surface area contributed by atoms with Crippen molar-refractivity contribution in [2.24, 2.45) is 0 Å². The monoisotopic (exact) mass is 814 g/mol. The van der Waals surface area contributed by atoms with Crippen LogP contribution >= 0.6 is 0 Å². The zero-order valence-electron chi connectivity index (χ0n) is 23.7. The first kappa shape index (κ1) is 122. The number of hydrogen-bond donors (Lipinski definition) is 0. The Morgan fingerprint density at radius 1 is 0.344 bits per heavy atom. The number of benzene rings is 2. The van der Waals surface area contributed by atoms with Gasteiger partial charge >= 0.3 is 0 Å². The summed E-state index contributed by atoms with van der Waals surface area (Å²) in [5.74, 6) is 0. The Bertz CT molecular complexity index is 325. The largest absolute Gasteiger partial charge is 0.693 e. The van der Waals surface area contributed by atoms with Crippen molar-refractivity contribution in [1.29, 1.82) is 0 Å². The first-order valence-corrected chi connectivity index (χ1v) is 6.82. The molecule has 0 bridgehead atoms. The number of aryl methyl sites for hydroxylation is 2. The minimum atomic E-state index is 0. The molecule has 0 saturated heterocycles. The van der Waals surface area contributed by atoms with Crippen molar-refractivity contribution in [1.82, 2.24) is 0 Å². The molecule has 0 aliphatic rings. The third-order valence-electron chi connectivity index (χ3n) is 1.88. The summed E-state index contributed by atoms with van der Waals surface area (Å²) in [6, 6.07) is 20.5. The fraction of sp³-hybridized carbons (Fsp3) is 0.231. The minimum Gasteiger partial charge on any atom is -0.693 e. The Hall–Kier alpha value is -0.421. The predicted molar refractivity (Wildman–Crippen MR) is 158 cm³/mol. The molecule has 2 aromatic rings. The van der Waals surface area contributed by atoms with E-state index in [4.69, 9.17) is 0 Å². The van der Waals surface area contributed by atoms with Crippen molar-refractivity contribution in [3.05, 3.63) is 156 Å². The molecule has 4 nitrogen and oxygen atoms in total. The quantitative estimate of drug-likeness (QED) is 0.234. The summed E-state index contributed by atoms with van der Waals surface area (Å²) in [7, 11) is 0. The van der Waals surface area contributed by atoms with Gasteiger partial charge in [0.1, 0.15) is 0 Å². The third-order valence-corrected chi connectivity index (χ3v) is 1.88. The minimum absolute atomic E-state index is 0. The Morgan fingerprint density at radius 3 is 0.531 bits per heavy atom. The Labute approximate surface area is 236 Å². The van der Waals surface area contributed by atoms with Gasteiger partial charge in [0.25, 0.3) is 0 Å². The molecule has 6 heteroatoms. The fourth-order valence-electron chi connectivity index (χ4n) is 1.07. The maximum atomic E-state index is 2.08. The molecule has 2 rings (SSSR count). The SMILES string of the molecule is CC.CC.Cc1ccccc1.Cc1ccccc1.[CH3-].[CH3-].[CH3-].[CH3-].[CH3-].[CH3-].[CH3-].[CH3-].[Ir].[Ir].[NH2-].[NH2-].[NH2-].[NH2-]. The summed E-state index contributed by atoms with van der Waals surface area (Å²) in [5, 5.41) is 0.